The lowest BCUT2D eigenvalue weighted by atomic mass is 10.0. The number of esters is 3. The molecule has 3 rings (SSSR count). The van der Waals surface area contributed by atoms with Gasteiger partial charge in [-0.1, -0.05) is 6.58 Å². The Morgan fingerprint density at radius 2 is 1.25 bits per heavy atom. The third-order valence-corrected chi connectivity index (χ3v) is 6.87. The fourth-order valence-electron chi connectivity index (χ4n) is 4.04. The summed E-state index contributed by atoms with van der Waals surface area (Å²) in [4.78, 5) is 37.1. The van der Waals surface area contributed by atoms with Crippen LogP contribution in [0.4, 0.5) is 0 Å². The number of carbonyl (C=O) groups excluding carboxylic acids is 3. The average molecular weight is 545 g/mol. The number of rotatable bonds is 11. The second-order valence-corrected chi connectivity index (χ2v) is 9.80. The Hall–Kier alpha value is -4.23. The molecule has 7 nitrogen and oxygen atoms in total. The Morgan fingerprint density at radius 1 is 0.725 bits per heavy atom. The largest absolute Gasteiger partial charge is 0.462 e. The average Bonchev–Trinajstić information content (AvgIpc) is 2.92. The molecule has 0 bridgehead atoms. The van der Waals surface area contributed by atoms with E-state index < -0.39 is 17.9 Å². The molecule has 0 fully saturated rings. The molecule has 0 aliphatic rings. The van der Waals surface area contributed by atoms with Crippen molar-refractivity contribution in [1.29, 1.82) is 0 Å². The molecule has 7 heteroatoms. The SMILES string of the molecule is C=CC(=O)OCCCOCc1cc(OC(=O)c2cc(C)c(C)c(C)c2)ccc1OC(=O)c1cc(C)c(C)c(C)c1. The van der Waals surface area contributed by atoms with E-state index in [0.29, 0.717) is 41.2 Å². The first-order valence-electron chi connectivity index (χ1n) is 13.1. The van der Waals surface area contributed by atoms with E-state index in [1.165, 1.54) is 0 Å². The quantitative estimate of drug-likeness (QED) is 0.116. The van der Waals surface area contributed by atoms with Gasteiger partial charge in [0.05, 0.1) is 30.9 Å². The summed E-state index contributed by atoms with van der Waals surface area (Å²) in [7, 11) is 0. The van der Waals surface area contributed by atoms with Gasteiger partial charge in [0.1, 0.15) is 11.5 Å². The number of ether oxygens (including phenoxy) is 4. The van der Waals surface area contributed by atoms with Gasteiger partial charge in [-0.15, -0.1) is 0 Å². The number of aryl methyl sites for hydroxylation is 4. The van der Waals surface area contributed by atoms with E-state index in [9.17, 15) is 14.4 Å². The molecule has 0 saturated carbocycles. The van der Waals surface area contributed by atoms with E-state index in [1.807, 2.05) is 41.5 Å². The molecular formula is C33H36O7. The van der Waals surface area contributed by atoms with Gasteiger partial charge in [0.15, 0.2) is 0 Å². The second kappa shape index (κ2) is 13.7. The van der Waals surface area contributed by atoms with Crippen molar-refractivity contribution in [3.05, 3.63) is 105 Å². The molecular weight excluding hydrogens is 508 g/mol. The molecule has 0 heterocycles. The van der Waals surface area contributed by atoms with Crippen molar-refractivity contribution in [2.24, 2.45) is 0 Å². The highest BCUT2D eigenvalue weighted by atomic mass is 16.5. The number of carbonyl (C=O) groups is 3. The molecule has 40 heavy (non-hydrogen) atoms. The Balaban J connectivity index is 1.79. The van der Waals surface area contributed by atoms with Crippen LogP contribution >= 0.6 is 0 Å². The van der Waals surface area contributed by atoms with E-state index in [4.69, 9.17) is 18.9 Å². The number of benzene rings is 3. The van der Waals surface area contributed by atoms with E-state index in [2.05, 4.69) is 6.58 Å². The Kier molecular flexibility index (Phi) is 10.4. The molecule has 0 aliphatic heterocycles. The normalized spacial score (nSPS) is 10.7. The van der Waals surface area contributed by atoms with Crippen LogP contribution in [0.25, 0.3) is 0 Å². The minimum Gasteiger partial charge on any atom is -0.462 e. The summed E-state index contributed by atoms with van der Waals surface area (Å²) >= 11 is 0. The van der Waals surface area contributed by atoms with Crippen molar-refractivity contribution in [2.75, 3.05) is 13.2 Å². The third kappa shape index (κ3) is 7.90. The van der Waals surface area contributed by atoms with Crippen molar-refractivity contribution in [2.45, 2.75) is 54.6 Å². The molecule has 0 saturated heterocycles. The second-order valence-electron chi connectivity index (χ2n) is 9.80. The first-order chi connectivity index (χ1) is 19.0. The Bertz CT molecular complexity index is 1390. The summed E-state index contributed by atoms with van der Waals surface area (Å²) < 4.78 is 22.1. The monoisotopic (exact) mass is 544 g/mol. The highest BCUT2D eigenvalue weighted by Gasteiger charge is 2.17. The molecule has 0 N–H and O–H groups in total. The zero-order chi connectivity index (χ0) is 29.4. The maximum atomic E-state index is 13.0. The summed E-state index contributed by atoms with van der Waals surface area (Å²) in [5.41, 5.74) is 7.67. The molecule has 0 aromatic heterocycles. The fraction of sp³-hybridized carbons (Fsp3) is 0.303. The molecule has 0 amide bonds. The minimum absolute atomic E-state index is 0.0815. The highest BCUT2D eigenvalue weighted by molar-refractivity contribution is 5.92. The number of hydrogen-bond acceptors (Lipinski definition) is 7. The fourth-order valence-corrected chi connectivity index (χ4v) is 4.04. The van der Waals surface area contributed by atoms with Crippen LogP contribution in [-0.4, -0.2) is 31.1 Å². The zero-order valence-electron chi connectivity index (χ0n) is 24.0. The molecule has 3 aromatic carbocycles. The summed E-state index contributed by atoms with van der Waals surface area (Å²) in [6.45, 7) is 15.7. The van der Waals surface area contributed by atoms with Gasteiger partial charge in [0.25, 0.3) is 0 Å². The Labute approximate surface area is 235 Å². The summed E-state index contributed by atoms with van der Waals surface area (Å²) in [5.74, 6) is -0.900. The van der Waals surface area contributed by atoms with Crippen LogP contribution in [-0.2, 0) is 20.9 Å². The number of hydrogen-bond donors (Lipinski definition) is 0. The van der Waals surface area contributed by atoms with Crippen LogP contribution in [0.5, 0.6) is 11.5 Å². The van der Waals surface area contributed by atoms with Gasteiger partial charge >= 0.3 is 17.9 Å². The Morgan fingerprint density at radius 3 is 1.77 bits per heavy atom. The molecule has 0 aliphatic carbocycles. The smallest absolute Gasteiger partial charge is 0.343 e. The topological polar surface area (TPSA) is 88.1 Å². The molecule has 0 spiro atoms. The molecule has 0 radical (unpaired) electrons. The third-order valence-electron chi connectivity index (χ3n) is 6.87. The molecule has 210 valence electrons. The van der Waals surface area contributed by atoms with Gasteiger partial charge in [0.2, 0.25) is 0 Å². The predicted octanol–water partition coefficient (Wildman–Crippen LogP) is 6.61. The van der Waals surface area contributed by atoms with E-state index in [0.717, 1.165) is 39.5 Å². The lowest BCUT2D eigenvalue weighted by Crippen LogP contribution is -2.13. The summed E-state index contributed by atoms with van der Waals surface area (Å²) in [6, 6.07) is 12.0. The van der Waals surface area contributed by atoms with Gasteiger partial charge in [-0.25, -0.2) is 14.4 Å². The van der Waals surface area contributed by atoms with Gasteiger partial charge < -0.3 is 18.9 Å². The summed E-state index contributed by atoms with van der Waals surface area (Å²) in [6.07, 6.45) is 1.57. The minimum atomic E-state index is -0.501. The molecule has 3 aromatic rings. The van der Waals surface area contributed by atoms with Crippen molar-refractivity contribution in [1.82, 2.24) is 0 Å². The first-order valence-corrected chi connectivity index (χ1v) is 13.1. The van der Waals surface area contributed by atoms with Crippen LogP contribution in [0.1, 0.15) is 66.1 Å². The van der Waals surface area contributed by atoms with Crippen LogP contribution in [0, 0.1) is 41.5 Å². The lowest BCUT2D eigenvalue weighted by Gasteiger charge is -2.14. The van der Waals surface area contributed by atoms with Crippen molar-refractivity contribution < 1.29 is 33.3 Å². The van der Waals surface area contributed by atoms with Crippen LogP contribution in [0.15, 0.2) is 55.1 Å². The van der Waals surface area contributed by atoms with Gasteiger partial charge in [0, 0.05) is 18.1 Å². The predicted molar refractivity (Wildman–Crippen MR) is 153 cm³/mol. The van der Waals surface area contributed by atoms with Crippen LogP contribution in [0.3, 0.4) is 0 Å². The van der Waals surface area contributed by atoms with Crippen LogP contribution < -0.4 is 9.47 Å². The van der Waals surface area contributed by atoms with Gasteiger partial charge in [-0.3, -0.25) is 0 Å². The van der Waals surface area contributed by atoms with Crippen molar-refractivity contribution >= 4 is 17.9 Å². The van der Waals surface area contributed by atoms with E-state index >= 15 is 0 Å². The van der Waals surface area contributed by atoms with E-state index in [-0.39, 0.29) is 13.2 Å². The molecule has 0 unspecified atom stereocenters. The van der Waals surface area contributed by atoms with E-state index in [1.54, 1.807) is 42.5 Å². The summed E-state index contributed by atoms with van der Waals surface area (Å²) in [5, 5.41) is 0. The first kappa shape index (κ1) is 30.3. The van der Waals surface area contributed by atoms with Crippen LogP contribution in [0.2, 0.25) is 0 Å². The van der Waals surface area contributed by atoms with Gasteiger partial charge in [-0.2, -0.15) is 0 Å². The standard InChI is InChI=1S/C33H36O7/c1-8-31(34)38-13-9-12-37-19-28-18-29(39-32(35)26-14-20(2)24(6)21(3)15-26)10-11-30(28)40-33(36)27-16-22(4)25(7)23(5)17-27/h8,10-11,14-18H,1,9,12-13,19H2,2-7H3. The maximum absolute atomic E-state index is 13.0. The van der Waals surface area contributed by atoms with Crippen molar-refractivity contribution in [3.63, 3.8) is 0 Å². The molecule has 0 atom stereocenters. The zero-order valence-corrected chi connectivity index (χ0v) is 24.0. The van der Waals surface area contributed by atoms with Crippen molar-refractivity contribution in [3.8, 4) is 11.5 Å². The lowest BCUT2D eigenvalue weighted by molar-refractivity contribution is -0.138. The maximum Gasteiger partial charge on any atom is 0.343 e. The highest BCUT2D eigenvalue weighted by Crippen LogP contribution is 2.28. The van der Waals surface area contributed by atoms with Gasteiger partial charge in [-0.05, 0) is 117 Å².